The molecular formula is C13H8F4N2S. The third kappa shape index (κ3) is 2.34. The van der Waals surface area contributed by atoms with E-state index >= 15 is 0 Å². The van der Waals surface area contributed by atoms with Crippen LogP contribution in [0.5, 0.6) is 0 Å². The van der Waals surface area contributed by atoms with E-state index in [1.54, 1.807) is 6.92 Å². The number of rotatable bonds is 1. The molecule has 0 fully saturated rings. The largest absolute Gasteiger partial charge is 0.416 e. The lowest BCUT2D eigenvalue weighted by Gasteiger charge is -2.09. The number of hydrogen-bond acceptors (Lipinski definition) is 3. The Labute approximate surface area is 116 Å². The van der Waals surface area contributed by atoms with Gasteiger partial charge in [-0.2, -0.15) is 18.4 Å². The van der Waals surface area contributed by atoms with Gasteiger partial charge in [-0.25, -0.2) is 4.39 Å². The molecule has 20 heavy (non-hydrogen) atoms. The van der Waals surface area contributed by atoms with E-state index in [-0.39, 0.29) is 21.0 Å². The Morgan fingerprint density at radius 1 is 1.30 bits per heavy atom. The first-order valence-electron chi connectivity index (χ1n) is 5.41. The van der Waals surface area contributed by atoms with Crippen LogP contribution in [0.3, 0.4) is 0 Å². The van der Waals surface area contributed by atoms with Crippen LogP contribution in [-0.4, -0.2) is 0 Å². The van der Waals surface area contributed by atoms with Crippen molar-refractivity contribution >= 4 is 17.0 Å². The molecule has 2 N–H and O–H groups in total. The second kappa shape index (κ2) is 4.80. The van der Waals surface area contributed by atoms with Crippen molar-refractivity contribution in [2.24, 2.45) is 0 Å². The molecule has 1 heterocycles. The van der Waals surface area contributed by atoms with Crippen molar-refractivity contribution < 1.29 is 17.6 Å². The normalized spacial score (nSPS) is 11.4. The van der Waals surface area contributed by atoms with E-state index < -0.39 is 17.6 Å². The summed E-state index contributed by atoms with van der Waals surface area (Å²) in [5, 5.41) is 8.86. The zero-order valence-corrected chi connectivity index (χ0v) is 11.0. The van der Waals surface area contributed by atoms with Crippen LogP contribution in [0, 0.1) is 24.1 Å². The van der Waals surface area contributed by atoms with Crippen LogP contribution in [0.1, 0.15) is 16.0 Å². The average Bonchev–Trinajstić information content (AvgIpc) is 2.65. The van der Waals surface area contributed by atoms with Gasteiger partial charge in [0.15, 0.2) is 0 Å². The number of hydrogen-bond donors (Lipinski definition) is 1. The first kappa shape index (κ1) is 14.3. The lowest BCUT2D eigenvalue weighted by atomic mass is 10.1. The molecule has 0 atom stereocenters. The van der Waals surface area contributed by atoms with Gasteiger partial charge in [0.25, 0.3) is 0 Å². The molecule has 104 valence electrons. The molecule has 7 heteroatoms. The number of alkyl halides is 3. The fourth-order valence-corrected chi connectivity index (χ4v) is 2.78. The van der Waals surface area contributed by atoms with Gasteiger partial charge >= 0.3 is 6.18 Å². The van der Waals surface area contributed by atoms with Crippen LogP contribution < -0.4 is 5.73 Å². The van der Waals surface area contributed by atoms with Crippen molar-refractivity contribution in [1.29, 1.82) is 5.26 Å². The highest BCUT2D eigenvalue weighted by molar-refractivity contribution is 7.16. The van der Waals surface area contributed by atoms with E-state index in [1.807, 2.05) is 6.07 Å². The van der Waals surface area contributed by atoms with Gasteiger partial charge < -0.3 is 5.73 Å². The van der Waals surface area contributed by atoms with Gasteiger partial charge in [0.1, 0.15) is 16.8 Å². The minimum Gasteiger partial charge on any atom is -0.397 e. The number of nitriles is 1. The van der Waals surface area contributed by atoms with Crippen molar-refractivity contribution in [3.8, 4) is 16.5 Å². The van der Waals surface area contributed by atoms with Gasteiger partial charge in [-0.05, 0) is 30.7 Å². The van der Waals surface area contributed by atoms with Crippen molar-refractivity contribution in [3.05, 3.63) is 40.0 Å². The number of thiophene rings is 1. The number of halogens is 4. The fourth-order valence-electron chi connectivity index (χ4n) is 1.74. The van der Waals surface area contributed by atoms with Crippen molar-refractivity contribution in [2.75, 3.05) is 5.73 Å². The Morgan fingerprint density at radius 3 is 2.45 bits per heavy atom. The molecule has 0 aliphatic heterocycles. The molecule has 0 amide bonds. The third-order valence-corrected chi connectivity index (χ3v) is 4.08. The minimum atomic E-state index is -4.56. The van der Waals surface area contributed by atoms with Crippen molar-refractivity contribution in [2.45, 2.75) is 13.1 Å². The molecule has 0 bridgehead atoms. The second-order valence-corrected chi connectivity index (χ2v) is 5.12. The average molecular weight is 300 g/mol. The second-order valence-electron chi connectivity index (χ2n) is 4.10. The van der Waals surface area contributed by atoms with E-state index in [0.717, 1.165) is 23.5 Å². The number of nitrogens with zero attached hydrogens (tertiary/aromatic N) is 1. The highest BCUT2D eigenvalue weighted by Crippen LogP contribution is 2.41. The molecule has 0 saturated heterocycles. The number of anilines is 1. The lowest BCUT2D eigenvalue weighted by molar-refractivity contribution is -0.137. The summed E-state index contributed by atoms with van der Waals surface area (Å²) in [6.07, 6.45) is -4.56. The quantitative estimate of drug-likeness (QED) is 0.797. The summed E-state index contributed by atoms with van der Waals surface area (Å²) >= 11 is 0.879. The molecule has 1 aromatic carbocycles. The van der Waals surface area contributed by atoms with E-state index in [9.17, 15) is 17.6 Å². The zero-order valence-electron chi connectivity index (χ0n) is 10.2. The van der Waals surface area contributed by atoms with Gasteiger partial charge in [0, 0.05) is 10.4 Å². The minimum absolute atomic E-state index is 0.161. The van der Waals surface area contributed by atoms with Gasteiger partial charge in [0.2, 0.25) is 0 Å². The summed E-state index contributed by atoms with van der Waals surface area (Å²) in [6.45, 7) is 1.54. The van der Waals surface area contributed by atoms with Gasteiger partial charge in [-0.3, -0.25) is 0 Å². The highest BCUT2D eigenvalue weighted by atomic mass is 32.1. The maximum absolute atomic E-state index is 13.8. The fraction of sp³-hybridized carbons (Fsp3) is 0.154. The van der Waals surface area contributed by atoms with Crippen LogP contribution in [0.4, 0.5) is 23.2 Å². The predicted molar refractivity (Wildman–Crippen MR) is 68.6 cm³/mol. The van der Waals surface area contributed by atoms with Gasteiger partial charge in [-0.1, -0.05) is 0 Å². The summed E-state index contributed by atoms with van der Waals surface area (Å²) in [5.41, 5.74) is 5.10. The maximum atomic E-state index is 13.8. The van der Waals surface area contributed by atoms with E-state index in [1.165, 1.54) is 0 Å². The van der Waals surface area contributed by atoms with Gasteiger partial charge in [-0.15, -0.1) is 11.3 Å². The van der Waals surface area contributed by atoms with Crippen molar-refractivity contribution in [1.82, 2.24) is 0 Å². The zero-order chi connectivity index (χ0) is 15.1. The molecule has 0 radical (unpaired) electrons. The monoisotopic (exact) mass is 300 g/mol. The van der Waals surface area contributed by atoms with E-state index in [4.69, 9.17) is 11.0 Å². The highest BCUT2D eigenvalue weighted by Gasteiger charge is 2.31. The standard InChI is InChI=1S/C13H8F4N2S/c1-6-11(19)10(5-18)20-12(6)8-4-7(13(15,16)17)2-3-9(8)14/h2-4H,19H2,1H3. The molecule has 2 aromatic rings. The number of benzene rings is 1. The summed E-state index contributed by atoms with van der Waals surface area (Å²) in [4.78, 5) is 0.400. The Morgan fingerprint density at radius 2 is 1.95 bits per heavy atom. The predicted octanol–water partition coefficient (Wildman–Crippen LogP) is 4.34. The molecule has 1 aromatic heterocycles. The van der Waals surface area contributed by atoms with Crippen LogP contribution in [0.25, 0.3) is 10.4 Å². The number of nitrogens with two attached hydrogens (primary N) is 1. The topological polar surface area (TPSA) is 49.8 Å². The van der Waals surface area contributed by atoms with E-state index in [0.29, 0.717) is 11.6 Å². The Hall–Kier alpha value is -2.07. The summed E-state index contributed by atoms with van der Waals surface area (Å²) < 4.78 is 51.8. The third-order valence-electron chi connectivity index (χ3n) is 2.83. The van der Waals surface area contributed by atoms with Gasteiger partial charge in [0.05, 0.1) is 11.3 Å². The molecule has 2 nitrogen and oxygen atoms in total. The Balaban J connectivity index is 2.67. The lowest BCUT2D eigenvalue weighted by Crippen LogP contribution is -2.05. The molecule has 0 aliphatic rings. The molecule has 0 aliphatic carbocycles. The van der Waals surface area contributed by atoms with Crippen molar-refractivity contribution in [3.63, 3.8) is 0 Å². The Bertz CT molecular complexity index is 710. The summed E-state index contributed by atoms with van der Waals surface area (Å²) in [6, 6.07) is 4.01. The number of nitrogen functional groups attached to an aromatic ring is 1. The first-order chi connectivity index (χ1) is 9.25. The first-order valence-corrected chi connectivity index (χ1v) is 6.23. The maximum Gasteiger partial charge on any atom is 0.416 e. The summed E-state index contributed by atoms with van der Waals surface area (Å²) in [7, 11) is 0. The van der Waals surface area contributed by atoms with E-state index in [2.05, 4.69) is 0 Å². The van der Waals surface area contributed by atoms with Crippen LogP contribution in [0.2, 0.25) is 0 Å². The molecule has 0 unspecified atom stereocenters. The SMILES string of the molecule is Cc1c(-c2cc(C(F)(F)F)ccc2F)sc(C#N)c1N. The van der Waals surface area contributed by atoms with Crippen LogP contribution >= 0.6 is 11.3 Å². The molecule has 0 saturated carbocycles. The molecule has 2 rings (SSSR count). The van der Waals surface area contributed by atoms with Crippen LogP contribution in [-0.2, 0) is 6.18 Å². The smallest absolute Gasteiger partial charge is 0.397 e. The Kier molecular flexibility index (Phi) is 3.44. The molecule has 0 spiro atoms. The summed E-state index contributed by atoms with van der Waals surface area (Å²) in [5.74, 6) is -0.785. The molecular weight excluding hydrogens is 292 g/mol. The van der Waals surface area contributed by atoms with Crippen LogP contribution in [0.15, 0.2) is 18.2 Å².